The molecule has 0 aromatic carbocycles. The minimum atomic E-state index is 0.321. The van der Waals surface area contributed by atoms with Crippen LogP contribution in [-0.4, -0.2) is 85.6 Å². The fourth-order valence-corrected chi connectivity index (χ4v) is 3.36. The SMILES string of the molecule is CCN(CC)C1CCN(C(=O)CN2CCCNCC2)C1. The molecule has 20 heavy (non-hydrogen) atoms. The first-order chi connectivity index (χ1) is 9.74. The van der Waals surface area contributed by atoms with Gasteiger partial charge in [0, 0.05) is 32.2 Å². The van der Waals surface area contributed by atoms with Gasteiger partial charge in [-0.1, -0.05) is 13.8 Å². The second kappa shape index (κ2) is 7.96. The molecule has 116 valence electrons. The molecule has 2 aliphatic heterocycles. The van der Waals surface area contributed by atoms with Crippen molar-refractivity contribution in [3.63, 3.8) is 0 Å². The maximum Gasteiger partial charge on any atom is 0.236 e. The van der Waals surface area contributed by atoms with Gasteiger partial charge in [-0.25, -0.2) is 0 Å². The highest BCUT2D eigenvalue weighted by atomic mass is 16.2. The quantitative estimate of drug-likeness (QED) is 0.783. The zero-order valence-electron chi connectivity index (χ0n) is 13.1. The molecule has 1 amide bonds. The molecule has 0 aliphatic carbocycles. The molecule has 0 spiro atoms. The summed E-state index contributed by atoms with van der Waals surface area (Å²) in [5, 5.41) is 3.38. The van der Waals surface area contributed by atoms with E-state index in [0.29, 0.717) is 18.5 Å². The largest absolute Gasteiger partial charge is 0.340 e. The van der Waals surface area contributed by atoms with E-state index < -0.39 is 0 Å². The number of nitrogens with zero attached hydrogens (tertiary/aromatic N) is 3. The van der Waals surface area contributed by atoms with Crippen LogP contribution in [0, 0.1) is 0 Å². The Hall–Kier alpha value is -0.650. The number of hydrogen-bond donors (Lipinski definition) is 1. The van der Waals surface area contributed by atoms with Crippen LogP contribution in [-0.2, 0) is 4.79 Å². The molecule has 1 N–H and O–H groups in total. The van der Waals surface area contributed by atoms with E-state index in [-0.39, 0.29) is 0 Å². The Labute approximate surface area is 123 Å². The molecule has 1 atom stereocenters. The molecule has 2 rings (SSSR count). The van der Waals surface area contributed by atoms with Crippen LogP contribution in [0.2, 0.25) is 0 Å². The van der Waals surface area contributed by atoms with Crippen molar-refractivity contribution < 1.29 is 4.79 Å². The first-order valence-electron chi connectivity index (χ1n) is 8.19. The Bertz CT molecular complexity index is 298. The molecule has 2 saturated heterocycles. The van der Waals surface area contributed by atoms with Crippen LogP contribution in [0.25, 0.3) is 0 Å². The minimum absolute atomic E-state index is 0.321. The average molecular weight is 282 g/mol. The maximum absolute atomic E-state index is 12.4. The number of rotatable bonds is 5. The van der Waals surface area contributed by atoms with E-state index in [9.17, 15) is 4.79 Å². The summed E-state index contributed by atoms with van der Waals surface area (Å²) in [6.45, 7) is 13.2. The van der Waals surface area contributed by atoms with Gasteiger partial charge in [0.1, 0.15) is 0 Å². The molecule has 2 heterocycles. The standard InChI is InChI=1S/C15H30N4O/c1-3-18(4-2)14-6-10-19(12-14)15(20)13-17-9-5-7-16-8-11-17/h14,16H,3-13H2,1-2H3. The third-order valence-electron chi connectivity index (χ3n) is 4.64. The molecular weight excluding hydrogens is 252 g/mol. The second-order valence-electron chi connectivity index (χ2n) is 5.88. The van der Waals surface area contributed by atoms with E-state index in [2.05, 4.69) is 33.9 Å². The summed E-state index contributed by atoms with van der Waals surface area (Å²) in [4.78, 5) is 19.3. The van der Waals surface area contributed by atoms with Crippen molar-refractivity contribution in [1.82, 2.24) is 20.0 Å². The maximum atomic E-state index is 12.4. The predicted molar refractivity (Wildman–Crippen MR) is 81.8 cm³/mol. The Kier molecular flexibility index (Phi) is 6.26. The number of likely N-dealkylation sites (tertiary alicyclic amines) is 1. The third kappa shape index (κ3) is 4.17. The van der Waals surface area contributed by atoms with Crippen LogP contribution in [0.1, 0.15) is 26.7 Å². The van der Waals surface area contributed by atoms with Crippen LogP contribution in [0.15, 0.2) is 0 Å². The lowest BCUT2D eigenvalue weighted by atomic mass is 10.2. The van der Waals surface area contributed by atoms with Gasteiger partial charge in [-0.3, -0.25) is 14.6 Å². The zero-order valence-corrected chi connectivity index (χ0v) is 13.1. The van der Waals surface area contributed by atoms with E-state index in [4.69, 9.17) is 0 Å². The second-order valence-corrected chi connectivity index (χ2v) is 5.88. The van der Waals surface area contributed by atoms with Gasteiger partial charge in [-0.05, 0) is 39.0 Å². The summed E-state index contributed by atoms with van der Waals surface area (Å²) in [6.07, 6.45) is 2.28. The molecule has 5 nitrogen and oxygen atoms in total. The lowest BCUT2D eigenvalue weighted by Crippen LogP contribution is -2.43. The van der Waals surface area contributed by atoms with Crippen molar-refractivity contribution in [2.45, 2.75) is 32.7 Å². The molecule has 0 bridgehead atoms. The Morgan fingerprint density at radius 2 is 2.00 bits per heavy atom. The smallest absolute Gasteiger partial charge is 0.236 e. The highest BCUT2D eigenvalue weighted by Gasteiger charge is 2.29. The highest BCUT2D eigenvalue weighted by Crippen LogP contribution is 2.15. The fourth-order valence-electron chi connectivity index (χ4n) is 3.36. The van der Waals surface area contributed by atoms with E-state index in [1.54, 1.807) is 0 Å². The van der Waals surface area contributed by atoms with Crippen molar-refractivity contribution in [1.29, 1.82) is 0 Å². The topological polar surface area (TPSA) is 38.8 Å². The van der Waals surface area contributed by atoms with Crippen LogP contribution < -0.4 is 5.32 Å². The number of amides is 1. The Balaban J connectivity index is 1.78. The van der Waals surface area contributed by atoms with Gasteiger partial charge >= 0.3 is 0 Å². The van der Waals surface area contributed by atoms with Crippen LogP contribution in [0.3, 0.4) is 0 Å². The van der Waals surface area contributed by atoms with Gasteiger partial charge in [-0.15, -0.1) is 0 Å². The fraction of sp³-hybridized carbons (Fsp3) is 0.933. The number of carbonyl (C=O) groups excluding carboxylic acids is 1. The summed E-state index contributed by atoms with van der Waals surface area (Å²) in [5.41, 5.74) is 0. The normalized spacial score (nSPS) is 25.1. The lowest BCUT2D eigenvalue weighted by Gasteiger charge is -2.27. The number of nitrogens with one attached hydrogen (secondary N) is 1. The summed E-state index contributed by atoms with van der Waals surface area (Å²) < 4.78 is 0. The Morgan fingerprint density at radius 1 is 1.20 bits per heavy atom. The number of hydrogen-bond acceptors (Lipinski definition) is 4. The monoisotopic (exact) mass is 282 g/mol. The molecule has 2 aliphatic rings. The van der Waals surface area contributed by atoms with E-state index in [1.807, 2.05) is 0 Å². The third-order valence-corrected chi connectivity index (χ3v) is 4.64. The predicted octanol–water partition coefficient (Wildman–Crippen LogP) is 0.224. The molecule has 2 fully saturated rings. The van der Waals surface area contributed by atoms with Crippen molar-refractivity contribution in [3.8, 4) is 0 Å². The summed E-state index contributed by atoms with van der Waals surface area (Å²) >= 11 is 0. The van der Waals surface area contributed by atoms with E-state index in [0.717, 1.165) is 65.2 Å². The Morgan fingerprint density at radius 3 is 2.75 bits per heavy atom. The van der Waals surface area contributed by atoms with Crippen LogP contribution in [0.4, 0.5) is 0 Å². The average Bonchev–Trinajstić information content (AvgIpc) is 2.80. The number of likely N-dealkylation sites (N-methyl/N-ethyl adjacent to an activating group) is 1. The summed E-state index contributed by atoms with van der Waals surface area (Å²) in [5.74, 6) is 0.321. The number of carbonyl (C=O) groups is 1. The molecule has 0 aromatic heterocycles. The van der Waals surface area contributed by atoms with Crippen molar-refractivity contribution in [2.75, 3.05) is 58.9 Å². The minimum Gasteiger partial charge on any atom is -0.340 e. The van der Waals surface area contributed by atoms with Crippen LogP contribution >= 0.6 is 0 Å². The van der Waals surface area contributed by atoms with E-state index >= 15 is 0 Å². The summed E-state index contributed by atoms with van der Waals surface area (Å²) in [7, 11) is 0. The molecule has 5 heteroatoms. The van der Waals surface area contributed by atoms with Gasteiger partial charge in [0.15, 0.2) is 0 Å². The molecule has 0 saturated carbocycles. The summed E-state index contributed by atoms with van der Waals surface area (Å²) in [6, 6.07) is 0.569. The highest BCUT2D eigenvalue weighted by molar-refractivity contribution is 5.78. The van der Waals surface area contributed by atoms with Crippen molar-refractivity contribution in [3.05, 3.63) is 0 Å². The first kappa shape index (κ1) is 15.7. The van der Waals surface area contributed by atoms with Crippen molar-refractivity contribution in [2.24, 2.45) is 0 Å². The van der Waals surface area contributed by atoms with Gasteiger partial charge in [-0.2, -0.15) is 0 Å². The van der Waals surface area contributed by atoms with E-state index in [1.165, 1.54) is 0 Å². The molecule has 1 unspecified atom stereocenters. The van der Waals surface area contributed by atoms with Gasteiger partial charge in [0.2, 0.25) is 5.91 Å². The molecular formula is C15H30N4O. The van der Waals surface area contributed by atoms with Gasteiger partial charge in [0.25, 0.3) is 0 Å². The van der Waals surface area contributed by atoms with Crippen molar-refractivity contribution >= 4 is 5.91 Å². The zero-order chi connectivity index (χ0) is 14.4. The van der Waals surface area contributed by atoms with Gasteiger partial charge in [0.05, 0.1) is 6.54 Å². The first-order valence-corrected chi connectivity index (χ1v) is 8.19. The lowest BCUT2D eigenvalue weighted by molar-refractivity contribution is -0.131. The molecule has 0 aromatic rings. The van der Waals surface area contributed by atoms with Crippen LogP contribution in [0.5, 0.6) is 0 Å². The van der Waals surface area contributed by atoms with Gasteiger partial charge < -0.3 is 10.2 Å². The molecule has 0 radical (unpaired) electrons.